The molecule has 0 spiro atoms. The Morgan fingerprint density at radius 1 is 1.44 bits per heavy atom. The molecule has 0 radical (unpaired) electrons. The monoisotopic (exact) mass is 258 g/mol. The van der Waals surface area contributed by atoms with Crippen molar-refractivity contribution in [1.82, 2.24) is 0 Å². The third-order valence-electron chi connectivity index (χ3n) is 3.77. The predicted molar refractivity (Wildman–Crippen MR) is 69.2 cm³/mol. The molecule has 4 nitrogen and oxygen atoms in total. The Hall–Kier alpha value is -0.610. The van der Waals surface area contributed by atoms with Gasteiger partial charge in [0.05, 0.1) is 31.3 Å². The van der Waals surface area contributed by atoms with Crippen molar-refractivity contribution in [3.63, 3.8) is 0 Å². The first-order valence-corrected chi connectivity index (χ1v) is 6.86. The summed E-state index contributed by atoms with van der Waals surface area (Å²) in [5.74, 6) is -0.0291. The Morgan fingerprint density at radius 2 is 2.11 bits per heavy atom. The number of esters is 1. The standard InChI is InChI=1S/C14H26O4/c1-5-11-7-10(12(6-2)18-11)8-14(3,16)9-13(15)17-4/h10-12,16H,5-9H2,1-4H3. The average Bonchev–Trinajstić information content (AvgIpc) is 2.69. The van der Waals surface area contributed by atoms with Crippen molar-refractivity contribution in [3.8, 4) is 0 Å². The molecule has 1 fully saturated rings. The number of carbonyl (C=O) groups is 1. The number of aliphatic hydroxyl groups is 1. The third-order valence-corrected chi connectivity index (χ3v) is 3.77. The molecular formula is C14H26O4. The van der Waals surface area contributed by atoms with Crippen LogP contribution in [0.25, 0.3) is 0 Å². The van der Waals surface area contributed by atoms with Gasteiger partial charge in [0, 0.05) is 0 Å². The van der Waals surface area contributed by atoms with Gasteiger partial charge in [-0.1, -0.05) is 13.8 Å². The van der Waals surface area contributed by atoms with Gasteiger partial charge in [0.2, 0.25) is 0 Å². The van der Waals surface area contributed by atoms with Crippen LogP contribution in [0, 0.1) is 5.92 Å². The minimum atomic E-state index is -1.00. The van der Waals surface area contributed by atoms with Crippen LogP contribution < -0.4 is 0 Å². The van der Waals surface area contributed by atoms with Crippen molar-refractivity contribution in [2.24, 2.45) is 5.92 Å². The lowest BCUT2D eigenvalue weighted by Gasteiger charge is -2.27. The highest BCUT2D eigenvalue weighted by molar-refractivity contribution is 5.70. The molecule has 1 saturated heterocycles. The first-order valence-electron chi connectivity index (χ1n) is 6.86. The van der Waals surface area contributed by atoms with E-state index in [9.17, 15) is 9.90 Å². The van der Waals surface area contributed by atoms with E-state index < -0.39 is 5.60 Å². The maximum absolute atomic E-state index is 11.3. The topological polar surface area (TPSA) is 55.8 Å². The molecule has 1 N–H and O–H groups in total. The number of rotatable bonds is 6. The van der Waals surface area contributed by atoms with Crippen LogP contribution in [0.3, 0.4) is 0 Å². The zero-order valence-electron chi connectivity index (χ0n) is 11.9. The molecule has 0 bridgehead atoms. The molecule has 4 atom stereocenters. The maximum Gasteiger partial charge on any atom is 0.308 e. The molecule has 4 unspecified atom stereocenters. The van der Waals surface area contributed by atoms with Gasteiger partial charge >= 0.3 is 5.97 Å². The van der Waals surface area contributed by atoms with Gasteiger partial charge in [-0.05, 0) is 38.5 Å². The van der Waals surface area contributed by atoms with Crippen molar-refractivity contribution in [2.45, 2.75) is 70.7 Å². The van der Waals surface area contributed by atoms with Gasteiger partial charge in [-0.2, -0.15) is 0 Å². The Balaban J connectivity index is 2.56. The summed E-state index contributed by atoms with van der Waals surface area (Å²) in [5.41, 5.74) is -1.00. The van der Waals surface area contributed by atoms with Gasteiger partial charge in [0.25, 0.3) is 0 Å². The van der Waals surface area contributed by atoms with Crippen LogP contribution in [0.1, 0.15) is 52.9 Å². The smallest absolute Gasteiger partial charge is 0.308 e. The van der Waals surface area contributed by atoms with Gasteiger partial charge < -0.3 is 14.6 Å². The van der Waals surface area contributed by atoms with Gasteiger partial charge in [0.15, 0.2) is 0 Å². The van der Waals surface area contributed by atoms with Crippen LogP contribution in [-0.4, -0.2) is 36.0 Å². The van der Waals surface area contributed by atoms with Crippen LogP contribution in [-0.2, 0) is 14.3 Å². The Bertz CT molecular complexity index is 275. The summed E-state index contributed by atoms with van der Waals surface area (Å²) in [6.07, 6.45) is 4.09. The van der Waals surface area contributed by atoms with Gasteiger partial charge in [-0.3, -0.25) is 4.79 Å². The van der Waals surface area contributed by atoms with E-state index in [0.29, 0.717) is 18.4 Å². The minimum Gasteiger partial charge on any atom is -0.469 e. The highest BCUT2D eigenvalue weighted by Crippen LogP contribution is 2.36. The second-order valence-corrected chi connectivity index (χ2v) is 5.56. The van der Waals surface area contributed by atoms with Crippen LogP contribution >= 0.6 is 0 Å². The number of methoxy groups -OCH3 is 1. The molecule has 1 aliphatic heterocycles. The molecule has 0 aliphatic carbocycles. The van der Waals surface area contributed by atoms with E-state index in [-0.39, 0.29) is 18.5 Å². The fourth-order valence-corrected chi connectivity index (χ4v) is 2.83. The molecule has 0 aromatic carbocycles. The van der Waals surface area contributed by atoms with Crippen molar-refractivity contribution in [2.75, 3.05) is 7.11 Å². The molecule has 0 aromatic heterocycles. The zero-order chi connectivity index (χ0) is 13.8. The van der Waals surface area contributed by atoms with Gasteiger partial charge in [0.1, 0.15) is 0 Å². The third kappa shape index (κ3) is 4.25. The van der Waals surface area contributed by atoms with Crippen molar-refractivity contribution >= 4 is 5.97 Å². The molecule has 0 aromatic rings. The Labute approximate surface area is 110 Å². The lowest BCUT2D eigenvalue weighted by molar-refractivity contribution is -0.146. The number of carbonyl (C=O) groups excluding carboxylic acids is 1. The molecule has 106 valence electrons. The van der Waals surface area contributed by atoms with Gasteiger partial charge in [-0.15, -0.1) is 0 Å². The normalized spacial score (nSPS) is 31.1. The van der Waals surface area contributed by atoms with Crippen molar-refractivity contribution in [3.05, 3.63) is 0 Å². The van der Waals surface area contributed by atoms with Gasteiger partial charge in [-0.25, -0.2) is 0 Å². The summed E-state index contributed by atoms with van der Waals surface area (Å²) in [5, 5.41) is 10.3. The summed E-state index contributed by atoms with van der Waals surface area (Å²) < 4.78 is 10.5. The van der Waals surface area contributed by atoms with E-state index in [1.54, 1.807) is 6.92 Å². The van der Waals surface area contributed by atoms with E-state index in [0.717, 1.165) is 19.3 Å². The molecule has 1 heterocycles. The molecule has 1 aliphatic rings. The van der Waals surface area contributed by atoms with Crippen molar-refractivity contribution in [1.29, 1.82) is 0 Å². The second kappa shape index (κ2) is 6.53. The van der Waals surface area contributed by atoms with Crippen LogP contribution in [0.5, 0.6) is 0 Å². The summed E-state index contributed by atoms with van der Waals surface area (Å²) >= 11 is 0. The number of hydrogen-bond donors (Lipinski definition) is 1. The average molecular weight is 258 g/mol. The number of hydrogen-bond acceptors (Lipinski definition) is 4. The highest BCUT2D eigenvalue weighted by atomic mass is 16.5. The summed E-state index contributed by atoms with van der Waals surface area (Å²) in [6.45, 7) is 5.92. The molecular weight excluding hydrogens is 232 g/mol. The van der Waals surface area contributed by atoms with E-state index in [4.69, 9.17) is 4.74 Å². The van der Waals surface area contributed by atoms with E-state index in [1.807, 2.05) is 0 Å². The summed E-state index contributed by atoms with van der Waals surface area (Å²) in [4.78, 5) is 11.3. The fraction of sp³-hybridized carbons (Fsp3) is 0.929. The maximum atomic E-state index is 11.3. The van der Waals surface area contributed by atoms with E-state index in [1.165, 1.54) is 7.11 Å². The molecule has 0 saturated carbocycles. The van der Waals surface area contributed by atoms with Crippen molar-refractivity contribution < 1.29 is 19.4 Å². The predicted octanol–water partition coefficient (Wildman–Crippen LogP) is 2.28. The molecule has 1 rings (SSSR count). The summed E-state index contributed by atoms with van der Waals surface area (Å²) in [6, 6.07) is 0. The number of ether oxygens (including phenoxy) is 2. The lowest BCUT2D eigenvalue weighted by Crippen LogP contribution is -2.33. The van der Waals surface area contributed by atoms with E-state index in [2.05, 4.69) is 18.6 Å². The van der Waals surface area contributed by atoms with Crippen LogP contribution in [0.4, 0.5) is 0 Å². The second-order valence-electron chi connectivity index (χ2n) is 5.56. The Morgan fingerprint density at radius 3 is 2.61 bits per heavy atom. The molecule has 4 heteroatoms. The molecule has 18 heavy (non-hydrogen) atoms. The quantitative estimate of drug-likeness (QED) is 0.743. The zero-order valence-corrected chi connectivity index (χ0v) is 11.9. The first-order chi connectivity index (χ1) is 8.41. The largest absolute Gasteiger partial charge is 0.469 e. The summed E-state index contributed by atoms with van der Waals surface area (Å²) in [7, 11) is 1.35. The highest BCUT2D eigenvalue weighted by Gasteiger charge is 2.38. The SMILES string of the molecule is CCC1CC(CC(C)(O)CC(=O)OC)C(CC)O1. The van der Waals surface area contributed by atoms with Crippen LogP contribution in [0.2, 0.25) is 0 Å². The molecule has 0 amide bonds. The Kier molecular flexibility index (Phi) is 5.60. The lowest BCUT2D eigenvalue weighted by atomic mass is 9.84. The first kappa shape index (κ1) is 15.4. The minimum absolute atomic E-state index is 0.0488. The van der Waals surface area contributed by atoms with Crippen LogP contribution in [0.15, 0.2) is 0 Å². The fourth-order valence-electron chi connectivity index (χ4n) is 2.83. The van der Waals surface area contributed by atoms with E-state index >= 15 is 0 Å².